The molecule has 1 aliphatic heterocycles. The molecule has 9 heteroatoms. The molecule has 0 saturated carbocycles. The number of thiazole rings is 1. The van der Waals surface area contributed by atoms with Crippen molar-refractivity contribution in [3.05, 3.63) is 46.4 Å². The lowest BCUT2D eigenvalue weighted by molar-refractivity contribution is 0.180. The molecule has 1 saturated heterocycles. The highest BCUT2D eigenvalue weighted by molar-refractivity contribution is 7.89. The molecule has 0 aliphatic carbocycles. The predicted octanol–water partition coefficient (Wildman–Crippen LogP) is 1.93. The molecule has 3 rings (SSSR count). The maximum Gasteiger partial charge on any atom is 0.246 e. The summed E-state index contributed by atoms with van der Waals surface area (Å²) in [5.74, 6) is -1.86. The zero-order valence-electron chi connectivity index (χ0n) is 12.2. The van der Waals surface area contributed by atoms with E-state index in [2.05, 4.69) is 9.88 Å². The van der Waals surface area contributed by atoms with Crippen LogP contribution in [0.4, 0.5) is 8.78 Å². The molecule has 1 aliphatic rings. The van der Waals surface area contributed by atoms with Crippen molar-refractivity contribution in [3.8, 4) is 0 Å². The van der Waals surface area contributed by atoms with Crippen molar-refractivity contribution in [2.45, 2.75) is 11.4 Å². The minimum Gasteiger partial charge on any atom is -0.295 e. The number of hydrogen-bond donors (Lipinski definition) is 0. The van der Waals surface area contributed by atoms with Crippen molar-refractivity contribution in [2.24, 2.45) is 0 Å². The molecule has 0 atom stereocenters. The van der Waals surface area contributed by atoms with Crippen LogP contribution in [0.25, 0.3) is 0 Å². The van der Waals surface area contributed by atoms with Gasteiger partial charge >= 0.3 is 0 Å². The molecule has 2 heterocycles. The number of piperazine rings is 1. The average Bonchev–Trinajstić information content (AvgIpc) is 3.00. The Morgan fingerprint density at radius 2 is 1.91 bits per heavy atom. The van der Waals surface area contributed by atoms with Gasteiger partial charge in [-0.3, -0.25) is 4.90 Å². The number of nitrogens with zero attached hydrogens (tertiary/aromatic N) is 3. The highest BCUT2D eigenvalue weighted by Gasteiger charge is 2.30. The van der Waals surface area contributed by atoms with Crippen LogP contribution >= 0.6 is 11.3 Å². The molecule has 1 aromatic carbocycles. The number of benzene rings is 1. The number of aromatic nitrogens is 1. The van der Waals surface area contributed by atoms with Crippen molar-refractivity contribution in [2.75, 3.05) is 26.2 Å². The van der Waals surface area contributed by atoms with Gasteiger partial charge in [0, 0.05) is 44.2 Å². The number of sulfonamides is 1. The van der Waals surface area contributed by atoms with Gasteiger partial charge in [0.15, 0.2) is 0 Å². The normalized spacial score (nSPS) is 17.5. The molecule has 0 amide bonds. The third kappa shape index (κ3) is 3.57. The van der Waals surface area contributed by atoms with Gasteiger partial charge in [-0.05, 0) is 12.1 Å². The Morgan fingerprint density at radius 3 is 2.52 bits per heavy atom. The SMILES string of the molecule is O=S(=O)(c1ccc(F)cc1F)N1CCN(Cc2cscn2)CC1. The fourth-order valence-electron chi connectivity index (χ4n) is 2.50. The third-order valence-corrected chi connectivity index (χ3v) is 6.28. The highest BCUT2D eigenvalue weighted by Crippen LogP contribution is 2.21. The van der Waals surface area contributed by atoms with Crippen molar-refractivity contribution in [1.82, 2.24) is 14.2 Å². The van der Waals surface area contributed by atoms with Crippen LogP contribution in [0.1, 0.15) is 5.69 Å². The summed E-state index contributed by atoms with van der Waals surface area (Å²) in [7, 11) is -3.94. The summed E-state index contributed by atoms with van der Waals surface area (Å²) in [5, 5.41) is 1.96. The molecule has 124 valence electrons. The minimum absolute atomic E-state index is 0.267. The van der Waals surface area contributed by atoms with Gasteiger partial charge in [-0.15, -0.1) is 11.3 Å². The summed E-state index contributed by atoms with van der Waals surface area (Å²) in [4.78, 5) is 5.82. The summed E-state index contributed by atoms with van der Waals surface area (Å²) in [6.45, 7) is 2.29. The van der Waals surface area contributed by atoms with E-state index in [0.29, 0.717) is 25.7 Å². The molecule has 0 radical (unpaired) electrons. The van der Waals surface area contributed by atoms with E-state index in [1.807, 2.05) is 5.38 Å². The van der Waals surface area contributed by atoms with Crippen LogP contribution < -0.4 is 0 Å². The molecule has 0 spiro atoms. The van der Waals surface area contributed by atoms with Crippen LogP contribution in [0.2, 0.25) is 0 Å². The Labute approximate surface area is 137 Å². The smallest absolute Gasteiger partial charge is 0.246 e. The summed E-state index contributed by atoms with van der Waals surface area (Å²) >= 11 is 1.52. The highest BCUT2D eigenvalue weighted by atomic mass is 32.2. The zero-order valence-corrected chi connectivity index (χ0v) is 13.8. The van der Waals surface area contributed by atoms with E-state index in [1.54, 1.807) is 5.51 Å². The summed E-state index contributed by atoms with van der Waals surface area (Å²) < 4.78 is 52.9. The van der Waals surface area contributed by atoms with Crippen molar-refractivity contribution in [1.29, 1.82) is 0 Å². The van der Waals surface area contributed by atoms with E-state index < -0.39 is 26.6 Å². The zero-order chi connectivity index (χ0) is 16.4. The fourth-order valence-corrected chi connectivity index (χ4v) is 4.51. The van der Waals surface area contributed by atoms with E-state index >= 15 is 0 Å². The van der Waals surface area contributed by atoms with Crippen LogP contribution in [0.5, 0.6) is 0 Å². The van der Waals surface area contributed by atoms with Crippen molar-refractivity contribution < 1.29 is 17.2 Å². The van der Waals surface area contributed by atoms with Gasteiger partial charge in [0.1, 0.15) is 16.5 Å². The first-order valence-corrected chi connectivity index (χ1v) is 9.40. The van der Waals surface area contributed by atoms with Crippen molar-refractivity contribution in [3.63, 3.8) is 0 Å². The first-order valence-electron chi connectivity index (χ1n) is 7.01. The van der Waals surface area contributed by atoms with Gasteiger partial charge < -0.3 is 0 Å². The first-order chi connectivity index (χ1) is 11.0. The molecule has 5 nitrogen and oxygen atoms in total. The molecule has 0 N–H and O–H groups in total. The quantitative estimate of drug-likeness (QED) is 0.837. The lowest BCUT2D eigenvalue weighted by Crippen LogP contribution is -2.48. The van der Waals surface area contributed by atoms with E-state index in [9.17, 15) is 17.2 Å². The maximum absolute atomic E-state index is 13.8. The first kappa shape index (κ1) is 16.4. The molecular weight excluding hydrogens is 344 g/mol. The van der Waals surface area contributed by atoms with Gasteiger partial charge in [0.05, 0.1) is 11.2 Å². The Balaban J connectivity index is 1.68. The predicted molar refractivity (Wildman–Crippen MR) is 82.5 cm³/mol. The Hall–Kier alpha value is -1.42. The molecule has 23 heavy (non-hydrogen) atoms. The van der Waals surface area contributed by atoms with Crippen LogP contribution in [0, 0.1) is 11.6 Å². The van der Waals surface area contributed by atoms with E-state index in [-0.39, 0.29) is 13.1 Å². The second-order valence-electron chi connectivity index (χ2n) is 5.23. The summed E-state index contributed by atoms with van der Waals surface area (Å²) in [6, 6.07) is 2.52. The maximum atomic E-state index is 13.8. The third-order valence-electron chi connectivity index (χ3n) is 3.71. The number of halogens is 2. The van der Waals surface area contributed by atoms with E-state index in [0.717, 1.165) is 17.8 Å². The van der Waals surface area contributed by atoms with Gasteiger partial charge in [-0.2, -0.15) is 4.31 Å². The van der Waals surface area contributed by atoms with Gasteiger partial charge in [-0.25, -0.2) is 22.2 Å². The Bertz CT molecular complexity index is 773. The van der Waals surface area contributed by atoms with Gasteiger partial charge in [0.25, 0.3) is 0 Å². The van der Waals surface area contributed by atoms with E-state index in [1.165, 1.54) is 15.6 Å². The van der Waals surface area contributed by atoms with E-state index in [4.69, 9.17) is 0 Å². The van der Waals surface area contributed by atoms with Crippen LogP contribution in [0.15, 0.2) is 34.0 Å². The second kappa shape index (κ2) is 6.60. The molecule has 1 fully saturated rings. The topological polar surface area (TPSA) is 53.5 Å². The van der Waals surface area contributed by atoms with Crippen molar-refractivity contribution >= 4 is 21.4 Å². The van der Waals surface area contributed by atoms with Crippen LogP contribution in [-0.2, 0) is 16.6 Å². The molecular formula is C14H15F2N3O2S2. The average molecular weight is 359 g/mol. The van der Waals surface area contributed by atoms with Crippen LogP contribution in [0.3, 0.4) is 0 Å². The second-order valence-corrected chi connectivity index (χ2v) is 7.86. The monoisotopic (exact) mass is 359 g/mol. The number of rotatable bonds is 4. The molecule has 0 bridgehead atoms. The summed E-state index contributed by atoms with van der Waals surface area (Å²) in [6.07, 6.45) is 0. The molecule has 2 aromatic rings. The Morgan fingerprint density at radius 1 is 1.17 bits per heavy atom. The summed E-state index contributed by atoms with van der Waals surface area (Å²) in [5.41, 5.74) is 2.71. The number of hydrogen-bond acceptors (Lipinski definition) is 5. The fraction of sp³-hybridized carbons (Fsp3) is 0.357. The minimum atomic E-state index is -3.94. The van der Waals surface area contributed by atoms with Gasteiger partial charge in [-0.1, -0.05) is 0 Å². The standard InChI is InChI=1S/C14H15F2N3O2S2/c15-11-1-2-14(13(16)7-11)23(20,21)19-5-3-18(4-6-19)8-12-9-22-10-17-12/h1-2,7,9-10H,3-6,8H2. The Kier molecular flexibility index (Phi) is 4.72. The molecule has 0 unspecified atom stereocenters. The largest absolute Gasteiger partial charge is 0.295 e. The molecule has 1 aromatic heterocycles. The van der Waals surface area contributed by atoms with Gasteiger partial charge in [0.2, 0.25) is 10.0 Å². The lowest BCUT2D eigenvalue weighted by Gasteiger charge is -2.33. The van der Waals surface area contributed by atoms with Crippen LogP contribution in [-0.4, -0.2) is 48.8 Å². The lowest BCUT2D eigenvalue weighted by atomic mass is 10.3.